The van der Waals surface area contributed by atoms with Crippen molar-refractivity contribution >= 4 is 11.5 Å². The Kier molecular flexibility index (Phi) is 10.9. The highest BCUT2D eigenvalue weighted by molar-refractivity contribution is 5.90. The average molecular weight is 504 g/mol. The predicted molar refractivity (Wildman–Crippen MR) is 146 cm³/mol. The third-order valence-electron chi connectivity index (χ3n) is 6.32. The van der Waals surface area contributed by atoms with Gasteiger partial charge in [-0.1, -0.05) is 72.8 Å². The molecule has 37 heavy (non-hydrogen) atoms. The van der Waals surface area contributed by atoms with Crippen molar-refractivity contribution in [3.05, 3.63) is 108 Å². The Labute approximate surface area is 219 Å². The number of ether oxygens (including phenoxy) is 2. The molecule has 1 unspecified atom stereocenters. The van der Waals surface area contributed by atoms with Crippen LogP contribution in [-0.4, -0.2) is 60.0 Å². The van der Waals surface area contributed by atoms with Crippen molar-refractivity contribution in [1.29, 1.82) is 0 Å². The maximum Gasteiger partial charge on any atom is 0.330 e. The maximum absolute atomic E-state index is 11.5. The molecule has 3 aromatic rings. The highest BCUT2D eigenvalue weighted by atomic mass is 16.5. The number of hydrogen-bond donors (Lipinski definition) is 2. The summed E-state index contributed by atoms with van der Waals surface area (Å²) in [6, 6.07) is 27.1. The van der Waals surface area contributed by atoms with Crippen molar-refractivity contribution in [2.45, 2.75) is 38.5 Å². The second-order valence-electron chi connectivity index (χ2n) is 9.26. The van der Waals surface area contributed by atoms with E-state index in [0.29, 0.717) is 18.8 Å². The van der Waals surface area contributed by atoms with E-state index in [0.717, 1.165) is 28.7 Å². The summed E-state index contributed by atoms with van der Waals surface area (Å²) in [6.07, 6.45) is 0.801. The van der Waals surface area contributed by atoms with E-state index < -0.39 is 12.2 Å². The summed E-state index contributed by atoms with van der Waals surface area (Å²) in [5.41, 5.74) is 3.75. The first kappa shape index (κ1) is 28.1. The molecular formula is C31H37NO5. The normalized spacial score (nSPS) is 14.2. The number of para-hydroxylation sites is 1. The molecule has 0 amide bonds. The van der Waals surface area contributed by atoms with Crippen LogP contribution in [0.25, 0.3) is 5.57 Å². The highest BCUT2D eigenvalue weighted by Gasteiger charge is 2.22. The molecular weight excluding hydrogens is 466 g/mol. The molecule has 0 radical (unpaired) electrons. The molecule has 0 saturated heterocycles. The summed E-state index contributed by atoms with van der Waals surface area (Å²) in [6.45, 7) is 4.87. The van der Waals surface area contributed by atoms with Crippen molar-refractivity contribution in [2.24, 2.45) is 0 Å². The fourth-order valence-electron chi connectivity index (χ4n) is 4.16. The molecule has 0 aliphatic carbocycles. The lowest BCUT2D eigenvalue weighted by Crippen LogP contribution is -2.44. The van der Waals surface area contributed by atoms with Crippen LogP contribution < -0.4 is 4.74 Å². The van der Waals surface area contributed by atoms with Crippen LogP contribution in [0.1, 0.15) is 36.6 Å². The minimum atomic E-state index is -0.723. The largest absolute Gasteiger partial charge is 0.491 e. The van der Waals surface area contributed by atoms with E-state index in [1.807, 2.05) is 91.9 Å². The number of methoxy groups -OCH3 is 1. The summed E-state index contributed by atoms with van der Waals surface area (Å²) >= 11 is 0. The number of hydrogen-bond acceptors (Lipinski definition) is 6. The zero-order chi connectivity index (χ0) is 26.6. The molecule has 0 saturated carbocycles. The molecule has 3 aromatic carbocycles. The highest BCUT2D eigenvalue weighted by Crippen LogP contribution is 2.20. The first-order chi connectivity index (χ1) is 17.9. The summed E-state index contributed by atoms with van der Waals surface area (Å²) in [5.74, 6) is 0.333. The van der Waals surface area contributed by atoms with E-state index in [1.54, 1.807) is 0 Å². The minimum absolute atomic E-state index is 0.0438. The van der Waals surface area contributed by atoms with Crippen molar-refractivity contribution in [3.8, 4) is 5.75 Å². The summed E-state index contributed by atoms with van der Waals surface area (Å²) in [7, 11) is 1.36. The van der Waals surface area contributed by atoms with Gasteiger partial charge < -0.3 is 19.7 Å². The SMILES string of the molecule is COC(=O)/C=C(\C)c1ccc(C[C@@H](C)N(CC(O)COc2ccccc2)C[C@H](O)c2ccccc2)cc1. The van der Waals surface area contributed by atoms with Gasteiger partial charge in [-0.3, -0.25) is 4.90 Å². The number of esters is 1. The second-order valence-corrected chi connectivity index (χ2v) is 9.26. The van der Waals surface area contributed by atoms with Crippen LogP contribution in [0.4, 0.5) is 0 Å². The minimum Gasteiger partial charge on any atom is -0.491 e. The first-order valence-corrected chi connectivity index (χ1v) is 12.5. The number of rotatable bonds is 13. The van der Waals surface area contributed by atoms with E-state index >= 15 is 0 Å². The number of allylic oxidation sites excluding steroid dienone is 1. The van der Waals surface area contributed by atoms with Crippen LogP contribution in [0.5, 0.6) is 5.75 Å². The molecule has 3 atom stereocenters. The van der Waals surface area contributed by atoms with Crippen LogP contribution in [0, 0.1) is 0 Å². The molecule has 0 bridgehead atoms. The number of aliphatic hydroxyl groups is 2. The lowest BCUT2D eigenvalue weighted by atomic mass is 10.00. The number of benzene rings is 3. The standard InChI is InChI=1S/C31H37NO5/c1-23(18-31(35)36-3)26-16-14-25(15-17-26)19-24(2)32(21-30(34)27-10-6-4-7-11-27)20-28(33)22-37-29-12-8-5-9-13-29/h4-18,24,28,30,33-34H,19-22H2,1-3H3/b23-18+/t24-,28?,30+/m1/s1. The average Bonchev–Trinajstić information content (AvgIpc) is 2.92. The van der Waals surface area contributed by atoms with Crippen LogP contribution in [0.15, 0.2) is 91.0 Å². The third-order valence-corrected chi connectivity index (χ3v) is 6.32. The molecule has 6 heteroatoms. The van der Waals surface area contributed by atoms with Crippen molar-refractivity contribution in [1.82, 2.24) is 4.90 Å². The smallest absolute Gasteiger partial charge is 0.330 e. The van der Waals surface area contributed by atoms with Gasteiger partial charge in [0.15, 0.2) is 0 Å². The predicted octanol–water partition coefficient (Wildman–Crippen LogP) is 4.67. The lowest BCUT2D eigenvalue weighted by Gasteiger charge is -2.33. The second kappa shape index (κ2) is 14.3. The van der Waals surface area contributed by atoms with Gasteiger partial charge in [-0.05, 0) is 54.7 Å². The van der Waals surface area contributed by atoms with Gasteiger partial charge in [0.1, 0.15) is 18.5 Å². The number of nitrogens with zero attached hydrogens (tertiary/aromatic N) is 1. The van der Waals surface area contributed by atoms with Gasteiger partial charge in [0, 0.05) is 25.2 Å². The zero-order valence-corrected chi connectivity index (χ0v) is 21.8. The molecule has 0 aliphatic rings. The first-order valence-electron chi connectivity index (χ1n) is 12.5. The molecule has 0 fully saturated rings. The molecule has 2 N–H and O–H groups in total. The van der Waals surface area contributed by atoms with Gasteiger partial charge >= 0.3 is 5.97 Å². The van der Waals surface area contributed by atoms with Crippen LogP contribution in [0.2, 0.25) is 0 Å². The van der Waals surface area contributed by atoms with E-state index in [2.05, 4.69) is 11.8 Å². The van der Waals surface area contributed by atoms with Crippen molar-refractivity contribution < 1.29 is 24.5 Å². The zero-order valence-electron chi connectivity index (χ0n) is 21.8. The van der Waals surface area contributed by atoms with Gasteiger partial charge in [0.25, 0.3) is 0 Å². The molecule has 6 nitrogen and oxygen atoms in total. The fraction of sp³-hybridized carbons (Fsp3) is 0.323. The van der Waals surface area contributed by atoms with Gasteiger partial charge in [0.2, 0.25) is 0 Å². The van der Waals surface area contributed by atoms with E-state index in [-0.39, 0.29) is 18.6 Å². The summed E-state index contributed by atoms with van der Waals surface area (Å²) in [5, 5.41) is 21.7. The molecule has 0 aliphatic heterocycles. The molecule has 0 spiro atoms. The Balaban J connectivity index is 1.68. The third kappa shape index (κ3) is 9.17. The molecule has 0 heterocycles. The summed E-state index contributed by atoms with van der Waals surface area (Å²) in [4.78, 5) is 13.6. The van der Waals surface area contributed by atoms with E-state index in [9.17, 15) is 15.0 Å². The van der Waals surface area contributed by atoms with Gasteiger partial charge in [-0.25, -0.2) is 4.79 Å². The molecule has 3 rings (SSSR count). The van der Waals surface area contributed by atoms with Crippen LogP contribution in [0.3, 0.4) is 0 Å². The van der Waals surface area contributed by atoms with Gasteiger partial charge in [0.05, 0.1) is 13.2 Å². The Morgan fingerprint density at radius 1 is 0.919 bits per heavy atom. The molecule has 196 valence electrons. The maximum atomic E-state index is 11.5. The Morgan fingerprint density at radius 3 is 2.16 bits per heavy atom. The van der Waals surface area contributed by atoms with Crippen LogP contribution >= 0.6 is 0 Å². The van der Waals surface area contributed by atoms with Crippen molar-refractivity contribution in [3.63, 3.8) is 0 Å². The Bertz CT molecular complexity index is 1120. The quantitative estimate of drug-likeness (QED) is 0.261. The lowest BCUT2D eigenvalue weighted by molar-refractivity contribution is -0.134. The Hall–Kier alpha value is -3.45. The van der Waals surface area contributed by atoms with Gasteiger partial charge in [-0.15, -0.1) is 0 Å². The van der Waals surface area contributed by atoms with Crippen molar-refractivity contribution in [2.75, 3.05) is 26.8 Å². The topological polar surface area (TPSA) is 79.2 Å². The number of carbonyl (C=O) groups excluding carboxylic acids is 1. The van der Waals surface area contributed by atoms with Crippen LogP contribution in [-0.2, 0) is 16.0 Å². The monoisotopic (exact) mass is 503 g/mol. The number of carbonyl (C=O) groups is 1. The molecule has 0 aromatic heterocycles. The summed E-state index contributed by atoms with van der Waals surface area (Å²) < 4.78 is 10.5. The number of aliphatic hydroxyl groups excluding tert-OH is 2. The Morgan fingerprint density at radius 2 is 1.54 bits per heavy atom. The van der Waals surface area contributed by atoms with Gasteiger partial charge in [-0.2, -0.15) is 0 Å². The van der Waals surface area contributed by atoms with E-state index in [4.69, 9.17) is 9.47 Å². The van der Waals surface area contributed by atoms with E-state index in [1.165, 1.54) is 13.2 Å². The fourth-order valence-corrected chi connectivity index (χ4v) is 4.16.